The van der Waals surface area contributed by atoms with Gasteiger partial charge in [-0.2, -0.15) is 4.98 Å². The molecular weight excluding hydrogens is 323 g/mol. The minimum absolute atomic E-state index is 0. The lowest BCUT2D eigenvalue weighted by molar-refractivity contribution is 0.216. The molecule has 5 nitrogen and oxygen atoms in total. The van der Waals surface area contributed by atoms with E-state index in [4.69, 9.17) is 21.9 Å². The molecule has 1 unspecified atom stereocenters. The zero-order valence-electron chi connectivity index (χ0n) is 13.2. The van der Waals surface area contributed by atoms with E-state index < -0.39 is 5.54 Å². The number of hydrogen-bond donors (Lipinski definition) is 1. The van der Waals surface area contributed by atoms with Crippen LogP contribution in [0, 0.1) is 0 Å². The molecule has 0 aliphatic heterocycles. The second-order valence-corrected chi connectivity index (χ2v) is 6.32. The zero-order valence-corrected chi connectivity index (χ0v) is 14.8. The Morgan fingerprint density at radius 3 is 2.64 bits per heavy atom. The predicted octanol–water partition coefficient (Wildman–Crippen LogP) is 3.53. The predicted molar refractivity (Wildman–Crippen MR) is 90.1 cm³/mol. The normalized spacial score (nSPS) is 13.0. The lowest BCUT2D eigenvalue weighted by atomic mass is 10.1. The van der Waals surface area contributed by atoms with Crippen LogP contribution in [0.2, 0.25) is 5.02 Å². The highest BCUT2D eigenvalue weighted by Gasteiger charge is 2.22. The van der Waals surface area contributed by atoms with Crippen molar-refractivity contribution in [3.05, 3.63) is 46.6 Å². The Labute approximate surface area is 142 Å². The van der Waals surface area contributed by atoms with Gasteiger partial charge >= 0.3 is 0 Å². The number of nitrogens with two attached hydrogens (primary N) is 1. The molecule has 0 saturated heterocycles. The molecular formula is C15H22Cl2N4O. The van der Waals surface area contributed by atoms with Crippen LogP contribution in [0.5, 0.6) is 0 Å². The Kier molecular flexibility index (Phi) is 6.38. The Morgan fingerprint density at radius 2 is 2.09 bits per heavy atom. The Bertz CT molecular complexity index is 610. The SMILES string of the molecule is CC(c1cccc(Cl)c1)N(C)Cc1nc(C(C)(C)N)no1.Cl. The number of halogens is 2. The van der Waals surface area contributed by atoms with Gasteiger partial charge in [-0.25, -0.2) is 0 Å². The van der Waals surface area contributed by atoms with Crippen LogP contribution in [-0.4, -0.2) is 22.1 Å². The molecule has 1 aromatic heterocycles. The number of benzene rings is 1. The summed E-state index contributed by atoms with van der Waals surface area (Å²) in [6.45, 7) is 6.35. The first-order chi connectivity index (χ1) is 9.77. The molecule has 0 saturated carbocycles. The molecule has 7 heteroatoms. The summed E-state index contributed by atoms with van der Waals surface area (Å²) >= 11 is 6.03. The molecule has 2 N–H and O–H groups in total. The molecule has 0 aliphatic rings. The van der Waals surface area contributed by atoms with E-state index in [0.717, 1.165) is 10.6 Å². The van der Waals surface area contributed by atoms with E-state index in [1.165, 1.54) is 0 Å². The standard InChI is InChI=1S/C15H21ClN4O.ClH/c1-10(11-6-5-7-12(16)8-11)20(4)9-13-18-14(19-21-13)15(2,3)17;/h5-8,10H,9,17H2,1-4H3;1H. The molecule has 2 aromatic rings. The van der Waals surface area contributed by atoms with Crippen molar-refractivity contribution in [1.29, 1.82) is 0 Å². The Hall–Kier alpha value is -1.14. The van der Waals surface area contributed by atoms with Gasteiger partial charge < -0.3 is 10.3 Å². The number of nitrogens with zero attached hydrogens (tertiary/aromatic N) is 3. The highest BCUT2D eigenvalue weighted by Crippen LogP contribution is 2.23. The molecule has 0 spiro atoms. The first kappa shape index (κ1) is 18.9. The minimum Gasteiger partial charge on any atom is -0.338 e. The number of hydrogen-bond acceptors (Lipinski definition) is 5. The van der Waals surface area contributed by atoms with Crippen LogP contribution in [0.1, 0.15) is 44.1 Å². The molecule has 0 fully saturated rings. The van der Waals surface area contributed by atoms with E-state index in [1.54, 1.807) is 0 Å². The zero-order chi connectivity index (χ0) is 15.6. The second-order valence-electron chi connectivity index (χ2n) is 5.88. The van der Waals surface area contributed by atoms with Crippen LogP contribution in [0.4, 0.5) is 0 Å². The average molecular weight is 345 g/mol. The summed E-state index contributed by atoms with van der Waals surface area (Å²) in [6, 6.07) is 8.01. The molecule has 1 heterocycles. The van der Waals surface area contributed by atoms with Crippen molar-refractivity contribution in [2.45, 2.75) is 38.9 Å². The summed E-state index contributed by atoms with van der Waals surface area (Å²) in [5, 5.41) is 4.66. The van der Waals surface area contributed by atoms with Crippen molar-refractivity contribution in [1.82, 2.24) is 15.0 Å². The largest absolute Gasteiger partial charge is 0.338 e. The fourth-order valence-corrected chi connectivity index (χ4v) is 2.15. The van der Waals surface area contributed by atoms with E-state index in [9.17, 15) is 0 Å². The maximum atomic E-state index is 6.03. The quantitative estimate of drug-likeness (QED) is 0.898. The van der Waals surface area contributed by atoms with Crippen LogP contribution < -0.4 is 5.73 Å². The third-order valence-corrected chi connectivity index (χ3v) is 3.66. The van der Waals surface area contributed by atoms with Crippen molar-refractivity contribution in [3.63, 3.8) is 0 Å². The number of rotatable bonds is 5. The maximum absolute atomic E-state index is 6.03. The van der Waals surface area contributed by atoms with Crippen LogP contribution in [0.3, 0.4) is 0 Å². The highest BCUT2D eigenvalue weighted by molar-refractivity contribution is 6.30. The lowest BCUT2D eigenvalue weighted by Gasteiger charge is -2.23. The van der Waals surface area contributed by atoms with Crippen LogP contribution >= 0.6 is 24.0 Å². The van der Waals surface area contributed by atoms with Gasteiger partial charge in [0.2, 0.25) is 5.89 Å². The fraction of sp³-hybridized carbons (Fsp3) is 0.467. The summed E-state index contributed by atoms with van der Waals surface area (Å²) in [7, 11) is 2.00. The summed E-state index contributed by atoms with van der Waals surface area (Å²) in [4.78, 5) is 6.46. The lowest BCUT2D eigenvalue weighted by Crippen LogP contribution is -2.30. The Balaban J connectivity index is 0.00000242. The third kappa shape index (κ3) is 4.68. The third-order valence-electron chi connectivity index (χ3n) is 3.42. The van der Waals surface area contributed by atoms with Gasteiger partial charge in [0.25, 0.3) is 0 Å². The van der Waals surface area contributed by atoms with E-state index >= 15 is 0 Å². The van der Waals surface area contributed by atoms with Crippen molar-refractivity contribution >= 4 is 24.0 Å². The van der Waals surface area contributed by atoms with Gasteiger partial charge in [-0.05, 0) is 45.5 Å². The van der Waals surface area contributed by atoms with Crippen molar-refractivity contribution in [3.8, 4) is 0 Å². The van der Waals surface area contributed by atoms with Crippen molar-refractivity contribution in [2.24, 2.45) is 5.73 Å². The van der Waals surface area contributed by atoms with Gasteiger partial charge in [0, 0.05) is 11.1 Å². The molecule has 2 rings (SSSR count). The molecule has 1 atom stereocenters. The van der Waals surface area contributed by atoms with Gasteiger partial charge in [-0.3, -0.25) is 4.90 Å². The van der Waals surface area contributed by atoms with Gasteiger partial charge in [0.15, 0.2) is 5.82 Å². The van der Waals surface area contributed by atoms with Crippen LogP contribution in [0.25, 0.3) is 0 Å². The average Bonchev–Trinajstić information content (AvgIpc) is 2.86. The van der Waals surface area contributed by atoms with E-state index in [0.29, 0.717) is 18.3 Å². The molecule has 1 aromatic carbocycles. The van der Waals surface area contributed by atoms with Gasteiger partial charge in [-0.1, -0.05) is 28.9 Å². The van der Waals surface area contributed by atoms with Gasteiger partial charge in [0.1, 0.15) is 0 Å². The molecule has 0 bridgehead atoms. The first-order valence-corrected chi connectivity index (χ1v) is 7.23. The van der Waals surface area contributed by atoms with Crippen LogP contribution in [-0.2, 0) is 12.1 Å². The van der Waals surface area contributed by atoms with E-state index in [-0.39, 0.29) is 18.4 Å². The minimum atomic E-state index is -0.598. The number of aromatic nitrogens is 2. The molecule has 0 aliphatic carbocycles. The first-order valence-electron chi connectivity index (χ1n) is 6.85. The topological polar surface area (TPSA) is 68.2 Å². The summed E-state index contributed by atoms with van der Waals surface area (Å²) in [5.41, 5.74) is 6.50. The summed E-state index contributed by atoms with van der Waals surface area (Å²) in [6.07, 6.45) is 0. The van der Waals surface area contributed by atoms with Crippen LogP contribution in [0.15, 0.2) is 28.8 Å². The summed E-state index contributed by atoms with van der Waals surface area (Å²) in [5.74, 6) is 1.07. The smallest absolute Gasteiger partial charge is 0.240 e. The fourth-order valence-electron chi connectivity index (χ4n) is 1.95. The van der Waals surface area contributed by atoms with E-state index in [2.05, 4.69) is 28.0 Å². The molecule has 122 valence electrons. The maximum Gasteiger partial charge on any atom is 0.240 e. The highest BCUT2D eigenvalue weighted by atomic mass is 35.5. The molecule has 0 amide bonds. The van der Waals surface area contributed by atoms with Crippen molar-refractivity contribution in [2.75, 3.05) is 7.05 Å². The Morgan fingerprint density at radius 1 is 1.41 bits per heavy atom. The van der Waals surface area contributed by atoms with Crippen molar-refractivity contribution < 1.29 is 4.52 Å². The summed E-state index contributed by atoms with van der Waals surface area (Å²) < 4.78 is 5.26. The molecule has 0 radical (unpaired) electrons. The molecule has 22 heavy (non-hydrogen) atoms. The monoisotopic (exact) mass is 344 g/mol. The van der Waals surface area contributed by atoms with Gasteiger partial charge in [-0.15, -0.1) is 12.4 Å². The van der Waals surface area contributed by atoms with Gasteiger partial charge in [0.05, 0.1) is 12.1 Å². The second kappa shape index (κ2) is 7.42. The van der Waals surface area contributed by atoms with E-state index in [1.807, 2.05) is 39.1 Å².